The Labute approximate surface area is 158 Å². The summed E-state index contributed by atoms with van der Waals surface area (Å²) in [6, 6.07) is 11.1. The molecule has 0 aromatic heterocycles. The minimum absolute atomic E-state index is 0.00447. The first-order valence-electron chi connectivity index (χ1n) is 8.29. The highest BCUT2D eigenvalue weighted by Gasteiger charge is 2.15. The van der Waals surface area contributed by atoms with Crippen molar-refractivity contribution in [1.82, 2.24) is 0 Å². The first-order chi connectivity index (χ1) is 12.8. The lowest BCUT2D eigenvalue weighted by atomic mass is 9.96. The quantitative estimate of drug-likeness (QED) is 0.276. The predicted molar refractivity (Wildman–Crippen MR) is 100 cm³/mol. The molecule has 0 aliphatic rings. The summed E-state index contributed by atoms with van der Waals surface area (Å²) in [6.45, 7) is 3.90. The van der Waals surface area contributed by atoms with E-state index in [-0.39, 0.29) is 13.4 Å². The molecule has 2 N–H and O–H groups in total. The number of carbonyl (C=O) groups excluding carboxylic acids is 1. The number of benzene rings is 2. The van der Waals surface area contributed by atoms with Gasteiger partial charge in [0.15, 0.2) is 13.1 Å². The lowest BCUT2D eigenvalue weighted by molar-refractivity contribution is -0.114. The van der Waals surface area contributed by atoms with Crippen LogP contribution in [0.1, 0.15) is 22.3 Å². The molecule has 2 aromatic rings. The summed E-state index contributed by atoms with van der Waals surface area (Å²) >= 11 is 0. The van der Waals surface area contributed by atoms with Crippen LogP contribution in [0.25, 0.3) is 0 Å². The molecule has 2 aromatic carbocycles. The van der Waals surface area contributed by atoms with Gasteiger partial charge < -0.3 is 28.8 Å². The molecule has 0 radical (unpaired) electrons. The first-order valence-corrected chi connectivity index (χ1v) is 10.1. The highest BCUT2D eigenvalue weighted by molar-refractivity contribution is 7.51. The summed E-state index contributed by atoms with van der Waals surface area (Å²) in [4.78, 5) is 28.0. The van der Waals surface area contributed by atoms with Crippen molar-refractivity contribution in [2.24, 2.45) is 0 Å². The fourth-order valence-electron chi connectivity index (χ4n) is 2.59. The lowest BCUT2D eigenvalue weighted by Crippen LogP contribution is -2.04. The maximum Gasteiger partial charge on any atom is 0.362 e. The second kappa shape index (κ2) is 9.67. The van der Waals surface area contributed by atoms with Crippen molar-refractivity contribution in [3.05, 3.63) is 58.7 Å². The van der Waals surface area contributed by atoms with E-state index in [9.17, 15) is 9.36 Å². The van der Waals surface area contributed by atoms with Gasteiger partial charge in [-0.25, -0.2) is 0 Å². The van der Waals surface area contributed by atoms with Crippen LogP contribution >= 0.6 is 7.60 Å². The van der Waals surface area contributed by atoms with Gasteiger partial charge in [0.2, 0.25) is 0 Å². The second-order valence-corrected chi connectivity index (χ2v) is 7.68. The van der Waals surface area contributed by atoms with Crippen LogP contribution in [0.4, 0.5) is 0 Å². The lowest BCUT2D eigenvalue weighted by Gasteiger charge is -2.14. The third-order valence-corrected chi connectivity index (χ3v) is 4.33. The zero-order valence-electron chi connectivity index (χ0n) is 15.3. The number of aryl methyl sites for hydroxylation is 2. The predicted octanol–water partition coefficient (Wildman–Crippen LogP) is 2.96. The summed E-state index contributed by atoms with van der Waals surface area (Å²) in [6.07, 6.45) is 0.737. The van der Waals surface area contributed by atoms with Gasteiger partial charge in [-0.05, 0) is 66.8 Å². The molecule has 0 amide bonds. The van der Waals surface area contributed by atoms with Crippen molar-refractivity contribution >= 4 is 13.9 Å². The normalized spacial score (nSPS) is 11.3. The molecule has 0 unspecified atom stereocenters. The molecule has 0 bridgehead atoms. The van der Waals surface area contributed by atoms with Crippen molar-refractivity contribution in [1.29, 1.82) is 0 Å². The van der Waals surface area contributed by atoms with Crippen LogP contribution in [0.2, 0.25) is 0 Å². The first kappa shape index (κ1) is 21.1. The van der Waals surface area contributed by atoms with Crippen LogP contribution in [0.3, 0.4) is 0 Å². The van der Waals surface area contributed by atoms with E-state index in [0.717, 1.165) is 22.3 Å². The van der Waals surface area contributed by atoms with Crippen LogP contribution in [0.15, 0.2) is 36.4 Å². The minimum atomic E-state index is -4.21. The Morgan fingerprint density at radius 2 is 1.63 bits per heavy atom. The molecule has 0 aliphatic carbocycles. The maximum atomic E-state index is 10.9. The van der Waals surface area contributed by atoms with Gasteiger partial charge in [0.05, 0.1) is 0 Å². The fraction of sp³-hybridized carbons (Fsp3) is 0.316. The molecular weight excluding hydrogens is 371 g/mol. The Morgan fingerprint density at radius 1 is 1.00 bits per heavy atom. The highest BCUT2D eigenvalue weighted by Crippen LogP contribution is 2.35. The van der Waals surface area contributed by atoms with E-state index in [1.165, 1.54) is 0 Å². The smallest absolute Gasteiger partial charge is 0.362 e. The summed E-state index contributed by atoms with van der Waals surface area (Å²) < 4.78 is 26.5. The highest BCUT2D eigenvalue weighted by atomic mass is 31.2. The summed E-state index contributed by atoms with van der Waals surface area (Å²) in [5, 5.41) is 0. The summed E-state index contributed by atoms with van der Waals surface area (Å²) in [5.74, 6) is 1.09. The number of rotatable bonds is 10. The Morgan fingerprint density at radius 3 is 2.19 bits per heavy atom. The van der Waals surface area contributed by atoms with Gasteiger partial charge >= 0.3 is 7.60 Å². The van der Waals surface area contributed by atoms with E-state index < -0.39 is 13.9 Å². The molecular formula is C19H23O7P. The van der Waals surface area contributed by atoms with E-state index in [1.807, 2.05) is 38.1 Å². The molecule has 0 atom stereocenters. The maximum absolute atomic E-state index is 10.9. The zero-order chi connectivity index (χ0) is 19.9. The zero-order valence-corrected chi connectivity index (χ0v) is 16.1. The van der Waals surface area contributed by atoms with E-state index >= 15 is 0 Å². The monoisotopic (exact) mass is 394 g/mol. The van der Waals surface area contributed by atoms with Gasteiger partial charge in [-0.3, -0.25) is 4.57 Å². The third kappa shape index (κ3) is 7.15. The van der Waals surface area contributed by atoms with E-state index in [2.05, 4.69) is 0 Å². The SMILES string of the molecule is Cc1cc(OCP(=O)(O)O)cc(C)c1Cc1ccc(OCOCC=O)cc1. The molecule has 0 heterocycles. The van der Waals surface area contributed by atoms with Crippen LogP contribution < -0.4 is 9.47 Å². The van der Waals surface area contributed by atoms with Crippen LogP contribution in [0.5, 0.6) is 11.5 Å². The second-order valence-electron chi connectivity index (χ2n) is 6.09. The van der Waals surface area contributed by atoms with Crippen molar-refractivity contribution in [2.45, 2.75) is 20.3 Å². The number of ether oxygens (including phenoxy) is 3. The number of carbonyl (C=O) groups is 1. The molecule has 0 fully saturated rings. The molecule has 8 heteroatoms. The van der Waals surface area contributed by atoms with E-state index in [1.54, 1.807) is 12.1 Å². The van der Waals surface area contributed by atoms with Gasteiger partial charge in [-0.1, -0.05) is 12.1 Å². The Balaban J connectivity index is 2.02. The van der Waals surface area contributed by atoms with Crippen LogP contribution in [-0.4, -0.2) is 35.8 Å². The number of hydrogen-bond acceptors (Lipinski definition) is 5. The Hall–Kier alpha value is -2.18. The number of aldehydes is 1. The standard InChI is InChI=1S/C19H23O7P/c1-14-9-18(26-13-27(21,22)23)10-15(2)19(14)11-16-3-5-17(6-4-16)25-12-24-8-7-20/h3-7,9-10H,8,11-13H2,1-2H3,(H2,21,22,23). The molecule has 7 nitrogen and oxygen atoms in total. The fourth-order valence-corrected chi connectivity index (χ4v) is 2.91. The van der Waals surface area contributed by atoms with Crippen molar-refractivity contribution < 1.29 is 33.4 Å². The van der Waals surface area contributed by atoms with Gasteiger partial charge in [-0.15, -0.1) is 0 Å². The Bertz CT molecular complexity index is 788. The van der Waals surface area contributed by atoms with E-state index in [0.29, 0.717) is 24.2 Å². The van der Waals surface area contributed by atoms with Crippen molar-refractivity contribution in [2.75, 3.05) is 19.7 Å². The molecule has 146 valence electrons. The molecule has 0 aliphatic heterocycles. The molecule has 0 spiro atoms. The largest absolute Gasteiger partial charge is 0.481 e. The molecule has 27 heavy (non-hydrogen) atoms. The average Bonchev–Trinajstić information content (AvgIpc) is 2.61. The van der Waals surface area contributed by atoms with E-state index in [4.69, 9.17) is 24.0 Å². The van der Waals surface area contributed by atoms with Gasteiger partial charge in [0, 0.05) is 0 Å². The summed E-state index contributed by atoms with van der Waals surface area (Å²) in [7, 11) is -4.21. The molecule has 2 rings (SSSR count). The van der Waals surface area contributed by atoms with Gasteiger partial charge in [-0.2, -0.15) is 0 Å². The molecule has 0 saturated heterocycles. The third-order valence-electron chi connectivity index (χ3n) is 3.87. The van der Waals surface area contributed by atoms with Crippen LogP contribution in [-0.2, 0) is 20.5 Å². The van der Waals surface area contributed by atoms with Gasteiger partial charge in [0.1, 0.15) is 24.4 Å². The van der Waals surface area contributed by atoms with Gasteiger partial charge in [0.25, 0.3) is 0 Å². The van der Waals surface area contributed by atoms with Crippen molar-refractivity contribution in [3.8, 4) is 11.5 Å². The van der Waals surface area contributed by atoms with Crippen molar-refractivity contribution in [3.63, 3.8) is 0 Å². The van der Waals surface area contributed by atoms with Crippen LogP contribution in [0, 0.1) is 13.8 Å². The summed E-state index contributed by atoms with van der Waals surface area (Å²) in [5.41, 5.74) is 4.18. The Kier molecular flexibility index (Phi) is 7.56. The molecule has 0 saturated carbocycles. The average molecular weight is 394 g/mol. The minimum Gasteiger partial charge on any atom is -0.481 e. The number of hydrogen-bond donors (Lipinski definition) is 2. The topological polar surface area (TPSA) is 102 Å².